The maximum atomic E-state index is 13.3. The normalized spacial score (nSPS) is 22.0. The van der Waals surface area contributed by atoms with E-state index >= 15 is 0 Å². The molecule has 1 fully saturated rings. The van der Waals surface area contributed by atoms with Gasteiger partial charge in [0, 0.05) is 0 Å². The summed E-state index contributed by atoms with van der Waals surface area (Å²) in [6.07, 6.45) is 0. The number of carbonyl (C=O) groups is 1. The average molecular weight is 326 g/mol. The molecule has 0 radical (unpaired) electrons. The standard InChI is InChI=1S/C24H22O/c1-16-9-12-20(13-10-16)24(19-7-5-4-6-8-19)22(23(24)25)21-14-11-17(2)15-18(21)3/h4-15,22H,1-3H3. The van der Waals surface area contributed by atoms with Crippen molar-refractivity contribution in [1.82, 2.24) is 0 Å². The Labute approximate surface area is 149 Å². The predicted octanol–water partition coefficient (Wildman–Crippen LogP) is 5.26. The van der Waals surface area contributed by atoms with Gasteiger partial charge in [0.05, 0.1) is 11.3 Å². The molecule has 25 heavy (non-hydrogen) atoms. The Morgan fingerprint density at radius 2 is 1.32 bits per heavy atom. The van der Waals surface area contributed by atoms with E-state index in [9.17, 15) is 4.79 Å². The zero-order chi connectivity index (χ0) is 17.6. The number of hydrogen-bond donors (Lipinski definition) is 0. The number of hydrogen-bond acceptors (Lipinski definition) is 1. The van der Waals surface area contributed by atoms with Gasteiger partial charge in [-0.05, 0) is 43.0 Å². The van der Waals surface area contributed by atoms with Crippen molar-refractivity contribution in [1.29, 1.82) is 0 Å². The summed E-state index contributed by atoms with van der Waals surface area (Å²) in [7, 11) is 0. The molecule has 0 aliphatic heterocycles. The summed E-state index contributed by atoms with van der Waals surface area (Å²) in [4.78, 5) is 13.3. The molecule has 1 aliphatic rings. The van der Waals surface area contributed by atoms with Crippen LogP contribution < -0.4 is 0 Å². The number of aryl methyl sites for hydroxylation is 3. The number of benzene rings is 3. The molecule has 1 saturated carbocycles. The molecule has 1 aliphatic carbocycles. The van der Waals surface area contributed by atoms with E-state index in [1.807, 2.05) is 18.2 Å². The summed E-state index contributed by atoms with van der Waals surface area (Å²) in [5.74, 6) is 0.202. The van der Waals surface area contributed by atoms with E-state index in [2.05, 4.69) is 75.4 Å². The third-order valence-corrected chi connectivity index (χ3v) is 5.47. The monoisotopic (exact) mass is 326 g/mol. The molecule has 124 valence electrons. The quantitative estimate of drug-likeness (QED) is 0.641. The minimum absolute atomic E-state index is 0.0989. The summed E-state index contributed by atoms with van der Waals surface area (Å²) in [6.45, 7) is 6.28. The van der Waals surface area contributed by atoms with Gasteiger partial charge in [-0.2, -0.15) is 0 Å². The van der Waals surface area contributed by atoms with Gasteiger partial charge in [0.2, 0.25) is 0 Å². The minimum atomic E-state index is -0.547. The van der Waals surface area contributed by atoms with E-state index in [1.54, 1.807) is 0 Å². The van der Waals surface area contributed by atoms with Gasteiger partial charge in [0.25, 0.3) is 0 Å². The largest absolute Gasteiger partial charge is 0.298 e. The Balaban J connectivity index is 1.91. The lowest BCUT2D eigenvalue weighted by Crippen LogP contribution is -2.14. The van der Waals surface area contributed by atoms with Crippen LogP contribution >= 0.6 is 0 Å². The predicted molar refractivity (Wildman–Crippen MR) is 102 cm³/mol. The lowest BCUT2D eigenvalue weighted by atomic mass is 9.83. The Bertz CT molecular complexity index is 938. The van der Waals surface area contributed by atoms with Crippen molar-refractivity contribution in [2.75, 3.05) is 0 Å². The van der Waals surface area contributed by atoms with E-state index in [1.165, 1.54) is 16.7 Å². The first kappa shape index (κ1) is 15.8. The Morgan fingerprint density at radius 1 is 0.720 bits per heavy atom. The molecule has 1 nitrogen and oxygen atoms in total. The van der Waals surface area contributed by atoms with E-state index in [-0.39, 0.29) is 5.92 Å². The van der Waals surface area contributed by atoms with Crippen LogP contribution in [0.5, 0.6) is 0 Å². The van der Waals surface area contributed by atoms with Gasteiger partial charge in [0.15, 0.2) is 5.78 Å². The molecule has 2 atom stereocenters. The van der Waals surface area contributed by atoms with Crippen LogP contribution in [0.4, 0.5) is 0 Å². The maximum absolute atomic E-state index is 13.3. The molecule has 0 spiro atoms. The molecule has 0 N–H and O–H groups in total. The number of rotatable bonds is 3. The van der Waals surface area contributed by atoms with Crippen LogP contribution in [-0.2, 0) is 10.2 Å². The molecule has 0 bridgehead atoms. The SMILES string of the molecule is Cc1ccc(C2(c3ccccc3)C(=O)C2c2ccc(C)cc2C)cc1. The molecule has 3 aromatic rings. The Morgan fingerprint density at radius 3 is 1.96 bits per heavy atom. The highest BCUT2D eigenvalue weighted by Gasteiger charge is 2.67. The second-order valence-electron chi connectivity index (χ2n) is 7.20. The Kier molecular flexibility index (Phi) is 3.61. The van der Waals surface area contributed by atoms with Gasteiger partial charge >= 0.3 is 0 Å². The first-order valence-corrected chi connectivity index (χ1v) is 8.79. The fourth-order valence-electron chi connectivity index (χ4n) is 4.13. The van der Waals surface area contributed by atoms with Gasteiger partial charge < -0.3 is 0 Å². The van der Waals surface area contributed by atoms with E-state index in [0.717, 1.165) is 16.7 Å². The van der Waals surface area contributed by atoms with Gasteiger partial charge in [-0.25, -0.2) is 0 Å². The highest BCUT2D eigenvalue weighted by molar-refractivity contribution is 6.17. The second-order valence-corrected chi connectivity index (χ2v) is 7.20. The average Bonchev–Trinajstić information content (AvgIpc) is 3.22. The first-order chi connectivity index (χ1) is 12.0. The Hall–Kier alpha value is -2.67. The van der Waals surface area contributed by atoms with Crippen LogP contribution in [0.15, 0.2) is 72.8 Å². The van der Waals surface area contributed by atoms with E-state index in [4.69, 9.17) is 0 Å². The van der Waals surface area contributed by atoms with Crippen LogP contribution in [0.1, 0.15) is 39.3 Å². The number of ketones is 1. The fourth-order valence-corrected chi connectivity index (χ4v) is 4.13. The zero-order valence-corrected chi connectivity index (χ0v) is 14.9. The van der Waals surface area contributed by atoms with Crippen LogP contribution in [-0.4, -0.2) is 5.78 Å². The molecule has 0 aromatic heterocycles. The van der Waals surface area contributed by atoms with Gasteiger partial charge in [-0.15, -0.1) is 0 Å². The van der Waals surface area contributed by atoms with Crippen molar-refractivity contribution in [3.63, 3.8) is 0 Å². The maximum Gasteiger partial charge on any atom is 0.158 e. The van der Waals surface area contributed by atoms with Crippen LogP contribution in [0.25, 0.3) is 0 Å². The van der Waals surface area contributed by atoms with Crippen molar-refractivity contribution >= 4 is 5.78 Å². The molecule has 1 heteroatoms. The summed E-state index contributed by atoms with van der Waals surface area (Å²) in [5, 5.41) is 0. The first-order valence-electron chi connectivity index (χ1n) is 8.79. The van der Waals surface area contributed by atoms with E-state index < -0.39 is 5.41 Å². The molecule has 0 saturated heterocycles. The molecular weight excluding hydrogens is 304 g/mol. The number of carbonyl (C=O) groups excluding carboxylic acids is 1. The van der Waals surface area contributed by atoms with Crippen molar-refractivity contribution in [3.05, 3.63) is 106 Å². The van der Waals surface area contributed by atoms with Crippen LogP contribution in [0.3, 0.4) is 0 Å². The molecule has 0 amide bonds. The third-order valence-electron chi connectivity index (χ3n) is 5.47. The fraction of sp³-hybridized carbons (Fsp3) is 0.208. The molecule has 4 rings (SSSR count). The summed E-state index contributed by atoms with van der Waals surface area (Å²) in [6, 6.07) is 25.1. The van der Waals surface area contributed by atoms with Crippen LogP contribution in [0.2, 0.25) is 0 Å². The zero-order valence-electron chi connectivity index (χ0n) is 14.9. The molecular formula is C24H22O. The lowest BCUT2D eigenvalue weighted by Gasteiger charge is -2.18. The summed E-state index contributed by atoms with van der Waals surface area (Å²) >= 11 is 0. The van der Waals surface area contributed by atoms with Crippen molar-refractivity contribution in [2.45, 2.75) is 32.1 Å². The van der Waals surface area contributed by atoms with Crippen molar-refractivity contribution in [3.8, 4) is 0 Å². The minimum Gasteiger partial charge on any atom is -0.298 e. The highest BCUT2D eigenvalue weighted by Crippen LogP contribution is 2.61. The molecule has 3 aromatic carbocycles. The summed E-state index contributed by atoms with van der Waals surface area (Å²) in [5.41, 5.74) is 6.43. The van der Waals surface area contributed by atoms with Crippen molar-refractivity contribution in [2.24, 2.45) is 0 Å². The second kappa shape index (κ2) is 5.70. The molecule has 2 unspecified atom stereocenters. The lowest BCUT2D eigenvalue weighted by molar-refractivity contribution is -0.111. The smallest absolute Gasteiger partial charge is 0.158 e. The van der Waals surface area contributed by atoms with Gasteiger partial charge in [-0.3, -0.25) is 4.79 Å². The number of Topliss-reactive ketones (excluding diaryl/α,β-unsaturated/α-hetero) is 1. The third kappa shape index (κ3) is 2.34. The highest BCUT2D eigenvalue weighted by atomic mass is 16.1. The molecule has 0 heterocycles. The van der Waals surface area contributed by atoms with E-state index in [0.29, 0.717) is 5.78 Å². The van der Waals surface area contributed by atoms with Gasteiger partial charge in [0.1, 0.15) is 0 Å². The van der Waals surface area contributed by atoms with Crippen LogP contribution in [0, 0.1) is 20.8 Å². The topological polar surface area (TPSA) is 17.1 Å². The van der Waals surface area contributed by atoms with Crippen molar-refractivity contribution < 1.29 is 4.79 Å². The van der Waals surface area contributed by atoms with Gasteiger partial charge in [-0.1, -0.05) is 83.9 Å². The summed E-state index contributed by atoms with van der Waals surface area (Å²) < 4.78 is 0.